The summed E-state index contributed by atoms with van der Waals surface area (Å²) in [5, 5.41) is 9.48. The summed E-state index contributed by atoms with van der Waals surface area (Å²) in [7, 11) is 0. The van der Waals surface area contributed by atoms with E-state index < -0.39 is 0 Å². The van der Waals surface area contributed by atoms with Crippen LogP contribution in [0.15, 0.2) is 42.5 Å². The van der Waals surface area contributed by atoms with Gasteiger partial charge in [-0.3, -0.25) is 4.79 Å². The van der Waals surface area contributed by atoms with Gasteiger partial charge in [0.15, 0.2) is 0 Å². The Morgan fingerprint density at radius 2 is 1.79 bits per heavy atom. The molecule has 0 N–H and O–H groups in total. The molecule has 1 aliphatic rings. The third-order valence-corrected chi connectivity index (χ3v) is 5.99. The van der Waals surface area contributed by atoms with Crippen molar-refractivity contribution in [2.24, 2.45) is 11.8 Å². The Kier molecular flexibility index (Phi) is 7.09. The zero-order chi connectivity index (χ0) is 20.8. The van der Waals surface area contributed by atoms with E-state index in [1.807, 2.05) is 12.1 Å². The average molecular weight is 390 g/mol. The molecule has 3 nitrogen and oxygen atoms in total. The lowest BCUT2D eigenvalue weighted by molar-refractivity contribution is -0.140. The molecule has 1 fully saturated rings. The van der Waals surface area contributed by atoms with Crippen LogP contribution in [0.3, 0.4) is 0 Å². The molecule has 0 saturated heterocycles. The number of rotatable bonds is 6. The fraction of sp³-hybridized carbons (Fsp3) is 0.462. The fourth-order valence-corrected chi connectivity index (χ4v) is 4.06. The lowest BCUT2D eigenvalue weighted by atomic mass is 9.78. The molecule has 3 heteroatoms. The standard InChI is InChI=1S/C26H31NO2/c1-18(2)4-7-20-8-15-25(24(16-20)17-27)29-26(28)23-13-11-22(12-14-23)21-9-5-19(3)6-10-21/h5-6,8-10,15-16,18,22-23H,4,7,11-14H2,1-3H3. The van der Waals surface area contributed by atoms with E-state index >= 15 is 0 Å². The summed E-state index contributed by atoms with van der Waals surface area (Å²) in [5.74, 6) is 1.26. The van der Waals surface area contributed by atoms with Gasteiger partial charge in [-0.05, 0) is 80.5 Å². The third kappa shape index (κ3) is 5.70. The number of aryl methyl sites for hydroxylation is 2. The highest BCUT2D eigenvalue weighted by Gasteiger charge is 2.29. The van der Waals surface area contributed by atoms with E-state index in [0.717, 1.165) is 44.1 Å². The Bertz CT molecular complexity index is 869. The number of benzene rings is 2. The van der Waals surface area contributed by atoms with Crippen LogP contribution in [-0.4, -0.2) is 5.97 Å². The molecule has 0 spiro atoms. The van der Waals surface area contributed by atoms with E-state index in [1.54, 1.807) is 6.07 Å². The van der Waals surface area contributed by atoms with Crippen LogP contribution in [-0.2, 0) is 11.2 Å². The first-order valence-corrected chi connectivity index (χ1v) is 10.8. The van der Waals surface area contributed by atoms with Crippen molar-refractivity contribution >= 4 is 5.97 Å². The Morgan fingerprint density at radius 3 is 2.41 bits per heavy atom. The zero-order valence-electron chi connectivity index (χ0n) is 17.8. The van der Waals surface area contributed by atoms with E-state index in [-0.39, 0.29) is 11.9 Å². The maximum Gasteiger partial charge on any atom is 0.314 e. The van der Waals surface area contributed by atoms with E-state index in [0.29, 0.717) is 23.1 Å². The van der Waals surface area contributed by atoms with Gasteiger partial charge in [0.1, 0.15) is 11.8 Å². The minimum atomic E-state index is -0.196. The summed E-state index contributed by atoms with van der Waals surface area (Å²) < 4.78 is 5.65. The van der Waals surface area contributed by atoms with Crippen LogP contribution < -0.4 is 4.74 Å². The zero-order valence-corrected chi connectivity index (χ0v) is 17.8. The molecule has 0 amide bonds. The second kappa shape index (κ2) is 9.74. The number of ether oxygens (including phenoxy) is 1. The van der Waals surface area contributed by atoms with E-state index in [1.165, 1.54) is 11.1 Å². The van der Waals surface area contributed by atoms with Gasteiger partial charge >= 0.3 is 5.97 Å². The van der Waals surface area contributed by atoms with Gasteiger partial charge in [0.2, 0.25) is 0 Å². The fourth-order valence-electron chi connectivity index (χ4n) is 4.06. The largest absolute Gasteiger partial charge is 0.425 e. The highest BCUT2D eigenvalue weighted by molar-refractivity contribution is 5.76. The van der Waals surface area contributed by atoms with Crippen molar-refractivity contribution in [1.29, 1.82) is 5.26 Å². The van der Waals surface area contributed by atoms with Crippen LogP contribution in [0.5, 0.6) is 5.75 Å². The smallest absolute Gasteiger partial charge is 0.314 e. The normalized spacial score (nSPS) is 19.0. The minimum absolute atomic E-state index is 0.0798. The highest BCUT2D eigenvalue weighted by Crippen LogP contribution is 2.36. The van der Waals surface area contributed by atoms with Crippen molar-refractivity contribution in [1.82, 2.24) is 0 Å². The summed E-state index contributed by atoms with van der Waals surface area (Å²) in [6.45, 7) is 6.48. The van der Waals surface area contributed by atoms with Crippen molar-refractivity contribution in [3.63, 3.8) is 0 Å². The average Bonchev–Trinajstić information content (AvgIpc) is 2.73. The van der Waals surface area contributed by atoms with Gasteiger partial charge in [-0.25, -0.2) is 0 Å². The first kappa shape index (κ1) is 21.1. The van der Waals surface area contributed by atoms with Gasteiger partial charge in [-0.15, -0.1) is 0 Å². The van der Waals surface area contributed by atoms with Crippen LogP contribution in [0.2, 0.25) is 0 Å². The third-order valence-electron chi connectivity index (χ3n) is 5.99. The Hall–Kier alpha value is -2.60. The van der Waals surface area contributed by atoms with Crippen LogP contribution >= 0.6 is 0 Å². The molecule has 152 valence electrons. The molecule has 29 heavy (non-hydrogen) atoms. The first-order chi connectivity index (χ1) is 14.0. The molecule has 1 saturated carbocycles. The van der Waals surface area contributed by atoms with Crippen LogP contribution in [0.25, 0.3) is 0 Å². The lowest BCUT2D eigenvalue weighted by Crippen LogP contribution is -2.25. The van der Waals surface area contributed by atoms with E-state index in [4.69, 9.17) is 4.74 Å². The van der Waals surface area contributed by atoms with Crippen LogP contribution in [0.4, 0.5) is 0 Å². The second-order valence-electron chi connectivity index (χ2n) is 8.76. The lowest BCUT2D eigenvalue weighted by Gasteiger charge is -2.27. The number of nitriles is 1. The number of carbonyl (C=O) groups excluding carboxylic acids is 1. The van der Waals surface area contributed by atoms with Crippen molar-refractivity contribution in [2.75, 3.05) is 0 Å². The molecule has 0 heterocycles. The molecule has 0 aromatic heterocycles. The van der Waals surface area contributed by atoms with Gasteiger partial charge < -0.3 is 4.74 Å². The van der Waals surface area contributed by atoms with Crippen molar-refractivity contribution < 1.29 is 9.53 Å². The van der Waals surface area contributed by atoms with E-state index in [9.17, 15) is 10.1 Å². The number of carbonyl (C=O) groups is 1. The molecular formula is C26H31NO2. The summed E-state index contributed by atoms with van der Waals surface area (Å²) in [4.78, 5) is 12.7. The molecule has 1 aliphatic carbocycles. The molecule has 3 rings (SSSR count). The van der Waals surface area contributed by atoms with Gasteiger partial charge in [0.05, 0.1) is 11.5 Å². The predicted molar refractivity (Wildman–Crippen MR) is 116 cm³/mol. The topological polar surface area (TPSA) is 50.1 Å². The molecule has 0 aliphatic heterocycles. The van der Waals surface area contributed by atoms with Gasteiger partial charge in [0, 0.05) is 0 Å². The monoisotopic (exact) mass is 389 g/mol. The minimum Gasteiger partial charge on any atom is -0.425 e. The first-order valence-electron chi connectivity index (χ1n) is 10.8. The molecule has 0 unspecified atom stereocenters. The summed E-state index contributed by atoms with van der Waals surface area (Å²) in [6, 6.07) is 16.5. The predicted octanol–water partition coefficient (Wildman–Crippen LogP) is 6.33. The molecule has 0 atom stereocenters. The molecule has 2 aromatic carbocycles. The van der Waals surface area contributed by atoms with Crippen molar-refractivity contribution in [2.45, 2.75) is 65.2 Å². The number of nitrogens with zero attached hydrogens (tertiary/aromatic N) is 1. The highest BCUT2D eigenvalue weighted by atomic mass is 16.5. The maximum absolute atomic E-state index is 12.7. The number of esters is 1. The Morgan fingerprint density at radius 1 is 1.10 bits per heavy atom. The van der Waals surface area contributed by atoms with Gasteiger partial charge in [0.25, 0.3) is 0 Å². The molecule has 0 radical (unpaired) electrons. The van der Waals surface area contributed by atoms with Gasteiger partial charge in [-0.2, -0.15) is 5.26 Å². The van der Waals surface area contributed by atoms with Crippen LogP contribution in [0, 0.1) is 30.1 Å². The second-order valence-corrected chi connectivity index (χ2v) is 8.76. The Labute approximate surface area is 174 Å². The molecule has 0 bridgehead atoms. The number of hydrogen-bond acceptors (Lipinski definition) is 3. The van der Waals surface area contributed by atoms with Crippen LogP contribution in [0.1, 0.15) is 74.1 Å². The van der Waals surface area contributed by atoms with Crippen molar-refractivity contribution in [3.8, 4) is 11.8 Å². The molecule has 2 aromatic rings. The summed E-state index contributed by atoms with van der Waals surface area (Å²) >= 11 is 0. The summed E-state index contributed by atoms with van der Waals surface area (Å²) in [5.41, 5.74) is 4.21. The SMILES string of the molecule is Cc1ccc(C2CCC(C(=O)Oc3ccc(CCC(C)C)cc3C#N)CC2)cc1. The molecular weight excluding hydrogens is 358 g/mol. The quantitative estimate of drug-likeness (QED) is 0.428. The summed E-state index contributed by atoms with van der Waals surface area (Å²) in [6.07, 6.45) is 5.69. The van der Waals surface area contributed by atoms with E-state index in [2.05, 4.69) is 51.1 Å². The number of hydrogen-bond donors (Lipinski definition) is 0. The Balaban J connectivity index is 1.58. The van der Waals surface area contributed by atoms with Crippen molar-refractivity contribution in [3.05, 3.63) is 64.7 Å². The maximum atomic E-state index is 12.7. The van der Waals surface area contributed by atoms with Gasteiger partial charge in [-0.1, -0.05) is 49.7 Å².